The number of fused-ring (bicyclic) bond motifs is 1. The summed E-state index contributed by atoms with van der Waals surface area (Å²) in [5, 5.41) is 5.54. The highest BCUT2D eigenvalue weighted by Gasteiger charge is 2.08. The number of halogens is 1. The van der Waals surface area contributed by atoms with E-state index in [4.69, 9.17) is 11.6 Å². The van der Waals surface area contributed by atoms with Crippen LogP contribution >= 0.6 is 22.9 Å². The maximum atomic E-state index is 5.93. The van der Waals surface area contributed by atoms with Crippen LogP contribution in [0.2, 0.25) is 5.28 Å². The monoisotopic (exact) mass is 341 g/mol. The van der Waals surface area contributed by atoms with Crippen LogP contribution in [0.1, 0.15) is 5.56 Å². The summed E-state index contributed by atoms with van der Waals surface area (Å²) in [7, 11) is 0. The third-order valence-electron chi connectivity index (χ3n) is 3.48. The van der Waals surface area contributed by atoms with Crippen LogP contribution in [0.4, 0.5) is 5.82 Å². The molecule has 3 heterocycles. The summed E-state index contributed by atoms with van der Waals surface area (Å²) in [6, 6.07) is 12.6. The van der Waals surface area contributed by atoms with E-state index >= 15 is 0 Å². The Hall–Kier alpha value is -2.44. The molecule has 0 aliphatic heterocycles. The Bertz CT molecular complexity index is 931. The number of H-pyrrole nitrogens is 1. The fourth-order valence-corrected chi connectivity index (χ4v) is 3.25. The lowest BCUT2D eigenvalue weighted by Gasteiger charge is -2.07. The molecule has 4 aromatic rings. The molecular weight excluding hydrogens is 330 g/mol. The molecule has 5 nitrogen and oxygen atoms in total. The van der Waals surface area contributed by atoms with E-state index in [0.717, 1.165) is 11.1 Å². The van der Waals surface area contributed by atoms with Crippen LogP contribution in [0.15, 0.2) is 48.1 Å². The standard InChI is InChI=1S/C16H12ClN5S/c17-16-21-14(13-15(22-16)20-9-19-13)18-8-10-3-5-11(6-4-10)12-2-1-7-23-12/h1-7,9H,8H2,(H2,18,19,20,21,22). The topological polar surface area (TPSA) is 66.5 Å². The molecule has 0 unspecified atom stereocenters. The number of anilines is 1. The molecule has 0 radical (unpaired) electrons. The zero-order valence-corrected chi connectivity index (χ0v) is 13.5. The average Bonchev–Trinajstić information content (AvgIpc) is 3.24. The van der Waals surface area contributed by atoms with E-state index in [2.05, 4.69) is 67.0 Å². The molecular formula is C16H12ClN5S. The van der Waals surface area contributed by atoms with Gasteiger partial charge in [-0.2, -0.15) is 9.97 Å². The Balaban J connectivity index is 1.53. The second-order valence-electron chi connectivity index (χ2n) is 4.97. The van der Waals surface area contributed by atoms with E-state index in [-0.39, 0.29) is 5.28 Å². The lowest BCUT2D eigenvalue weighted by molar-refractivity contribution is 1.10. The van der Waals surface area contributed by atoms with Crippen molar-refractivity contribution >= 4 is 39.9 Å². The molecule has 4 rings (SSSR count). The van der Waals surface area contributed by atoms with E-state index < -0.39 is 0 Å². The number of imidazole rings is 1. The van der Waals surface area contributed by atoms with Gasteiger partial charge in [-0.25, -0.2) is 4.98 Å². The number of rotatable bonds is 4. The van der Waals surface area contributed by atoms with Crippen molar-refractivity contribution < 1.29 is 0 Å². The van der Waals surface area contributed by atoms with Crippen molar-refractivity contribution in [1.82, 2.24) is 19.9 Å². The second-order valence-corrected chi connectivity index (χ2v) is 6.26. The number of hydrogen-bond acceptors (Lipinski definition) is 5. The van der Waals surface area contributed by atoms with Gasteiger partial charge in [0.1, 0.15) is 5.52 Å². The van der Waals surface area contributed by atoms with Crippen molar-refractivity contribution in [1.29, 1.82) is 0 Å². The fourth-order valence-electron chi connectivity index (χ4n) is 2.35. The van der Waals surface area contributed by atoms with Gasteiger partial charge < -0.3 is 10.3 Å². The van der Waals surface area contributed by atoms with Crippen molar-refractivity contribution in [2.75, 3.05) is 5.32 Å². The maximum absolute atomic E-state index is 5.93. The Morgan fingerprint density at radius 1 is 1.13 bits per heavy atom. The zero-order chi connectivity index (χ0) is 15.6. The Morgan fingerprint density at radius 3 is 2.78 bits per heavy atom. The molecule has 0 saturated carbocycles. The summed E-state index contributed by atoms with van der Waals surface area (Å²) in [5.74, 6) is 0.653. The first kappa shape index (κ1) is 14.2. The molecule has 0 aliphatic rings. The van der Waals surface area contributed by atoms with Gasteiger partial charge in [0.05, 0.1) is 6.33 Å². The number of nitrogens with one attached hydrogen (secondary N) is 2. The molecule has 0 spiro atoms. The van der Waals surface area contributed by atoms with Crippen molar-refractivity contribution in [3.05, 3.63) is 59.0 Å². The van der Waals surface area contributed by atoms with Crippen molar-refractivity contribution in [3.8, 4) is 10.4 Å². The lowest BCUT2D eigenvalue weighted by Crippen LogP contribution is -2.03. The molecule has 0 bridgehead atoms. The minimum absolute atomic E-state index is 0.181. The number of hydrogen-bond donors (Lipinski definition) is 2. The van der Waals surface area contributed by atoms with Crippen LogP contribution in [0.5, 0.6) is 0 Å². The van der Waals surface area contributed by atoms with Crippen LogP contribution in [0.25, 0.3) is 21.6 Å². The van der Waals surface area contributed by atoms with E-state index in [0.29, 0.717) is 18.0 Å². The predicted molar refractivity (Wildman–Crippen MR) is 93.8 cm³/mol. The largest absolute Gasteiger partial charge is 0.364 e. The minimum Gasteiger partial charge on any atom is -0.364 e. The normalized spacial score (nSPS) is 11.0. The summed E-state index contributed by atoms with van der Waals surface area (Å²) >= 11 is 7.66. The van der Waals surface area contributed by atoms with Gasteiger partial charge in [0.25, 0.3) is 0 Å². The molecule has 3 aromatic heterocycles. The Morgan fingerprint density at radius 2 is 2.00 bits per heavy atom. The van der Waals surface area contributed by atoms with Gasteiger partial charge >= 0.3 is 0 Å². The highest BCUT2D eigenvalue weighted by atomic mass is 35.5. The van der Waals surface area contributed by atoms with Crippen LogP contribution in [0.3, 0.4) is 0 Å². The van der Waals surface area contributed by atoms with E-state index in [1.807, 2.05) is 0 Å². The van der Waals surface area contributed by atoms with Gasteiger partial charge in [-0.3, -0.25) is 0 Å². The molecule has 2 N–H and O–H groups in total. The average molecular weight is 342 g/mol. The van der Waals surface area contributed by atoms with E-state index in [1.54, 1.807) is 17.7 Å². The minimum atomic E-state index is 0.181. The summed E-state index contributed by atoms with van der Waals surface area (Å²) in [6.07, 6.45) is 1.58. The molecule has 7 heteroatoms. The molecule has 0 amide bonds. The first-order chi connectivity index (χ1) is 11.3. The molecule has 0 fully saturated rings. The molecule has 114 valence electrons. The maximum Gasteiger partial charge on any atom is 0.226 e. The van der Waals surface area contributed by atoms with Crippen molar-refractivity contribution in [3.63, 3.8) is 0 Å². The number of thiophene rings is 1. The molecule has 23 heavy (non-hydrogen) atoms. The SMILES string of the molecule is Clc1nc(NCc2ccc(-c3cccs3)cc2)c2[nH]cnc2n1. The van der Waals surface area contributed by atoms with Crippen LogP contribution < -0.4 is 5.32 Å². The summed E-state index contributed by atoms with van der Waals surface area (Å²) in [5.41, 5.74) is 3.70. The first-order valence-corrected chi connectivity index (χ1v) is 8.29. The van der Waals surface area contributed by atoms with Gasteiger partial charge in [-0.15, -0.1) is 11.3 Å². The highest BCUT2D eigenvalue weighted by molar-refractivity contribution is 7.13. The quantitative estimate of drug-likeness (QED) is 0.542. The van der Waals surface area contributed by atoms with E-state index in [1.165, 1.54) is 10.4 Å². The van der Waals surface area contributed by atoms with Gasteiger partial charge in [-0.1, -0.05) is 30.3 Å². The van der Waals surface area contributed by atoms with Gasteiger partial charge in [0.2, 0.25) is 5.28 Å². The third kappa shape index (κ3) is 2.91. The van der Waals surface area contributed by atoms with E-state index in [9.17, 15) is 0 Å². The van der Waals surface area contributed by atoms with Crippen LogP contribution in [0, 0.1) is 0 Å². The number of benzene rings is 1. The predicted octanol–water partition coefficient (Wildman–Crippen LogP) is 4.35. The molecule has 1 aromatic carbocycles. The van der Waals surface area contributed by atoms with Gasteiger partial charge in [-0.05, 0) is 34.2 Å². The number of nitrogens with zero attached hydrogens (tertiary/aromatic N) is 3. The van der Waals surface area contributed by atoms with Crippen LogP contribution in [-0.2, 0) is 6.54 Å². The highest BCUT2D eigenvalue weighted by Crippen LogP contribution is 2.25. The molecule has 0 atom stereocenters. The third-order valence-corrected chi connectivity index (χ3v) is 4.57. The summed E-state index contributed by atoms with van der Waals surface area (Å²) in [6.45, 7) is 0.645. The summed E-state index contributed by atoms with van der Waals surface area (Å²) < 4.78 is 0. The smallest absolute Gasteiger partial charge is 0.226 e. The fraction of sp³-hybridized carbons (Fsp3) is 0.0625. The van der Waals surface area contributed by atoms with Crippen LogP contribution in [-0.4, -0.2) is 19.9 Å². The van der Waals surface area contributed by atoms with Crippen molar-refractivity contribution in [2.24, 2.45) is 0 Å². The Kier molecular flexibility index (Phi) is 3.69. The van der Waals surface area contributed by atoms with Gasteiger partial charge in [0, 0.05) is 11.4 Å². The number of aromatic nitrogens is 4. The second kappa shape index (κ2) is 5.98. The Labute approximate surface area is 141 Å². The first-order valence-electron chi connectivity index (χ1n) is 7.03. The van der Waals surface area contributed by atoms with Crippen molar-refractivity contribution in [2.45, 2.75) is 6.54 Å². The molecule has 0 aliphatic carbocycles. The zero-order valence-electron chi connectivity index (χ0n) is 12.0. The number of aromatic amines is 1. The lowest BCUT2D eigenvalue weighted by atomic mass is 10.1. The van der Waals surface area contributed by atoms with Gasteiger partial charge in [0.15, 0.2) is 11.5 Å². The molecule has 0 saturated heterocycles. The summed E-state index contributed by atoms with van der Waals surface area (Å²) in [4.78, 5) is 16.7.